The number of carbonyl (C=O) groups excluding carboxylic acids is 1. The van der Waals surface area contributed by atoms with Crippen molar-refractivity contribution in [3.8, 4) is 0 Å². The van der Waals surface area contributed by atoms with Crippen LogP contribution in [0.25, 0.3) is 0 Å². The van der Waals surface area contributed by atoms with Crippen LogP contribution in [0, 0.1) is 13.8 Å². The van der Waals surface area contributed by atoms with Crippen LogP contribution < -0.4 is 11.1 Å². The Kier molecular flexibility index (Phi) is 3.48. The number of hydrogen-bond donors (Lipinski definition) is 2. The fraction of sp³-hybridized carbons (Fsp3) is 0.500. The van der Waals surface area contributed by atoms with Crippen LogP contribution in [0.3, 0.4) is 0 Å². The molecular formula is C14H20N2O. The highest BCUT2D eigenvalue weighted by atomic mass is 16.1. The van der Waals surface area contributed by atoms with Crippen LogP contribution in [0.5, 0.6) is 0 Å². The maximum Gasteiger partial charge on any atom is 0.234 e. The van der Waals surface area contributed by atoms with E-state index >= 15 is 0 Å². The van der Waals surface area contributed by atoms with Gasteiger partial charge >= 0.3 is 0 Å². The minimum absolute atomic E-state index is 0.172. The molecule has 1 aliphatic heterocycles. The van der Waals surface area contributed by atoms with Crippen LogP contribution in [0.1, 0.15) is 35.4 Å². The van der Waals surface area contributed by atoms with Crippen LogP contribution in [0.4, 0.5) is 0 Å². The molecule has 1 amide bonds. The normalized spacial score (nSPS) is 24.6. The summed E-state index contributed by atoms with van der Waals surface area (Å²) >= 11 is 0. The summed E-state index contributed by atoms with van der Waals surface area (Å²) in [5, 5.41) is 3.17. The number of benzene rings is 1. The molecule has 0 radical (unpaired) electrons. The summed E-state index contributed by atoms with van der Waals surface area (Å²) in [6, 6.07) is 6.45. The molecule has 2 unspecified atom stereocenters. The third-order valence-electron chi connectivity index (χ3n) is 3.46. The highest BCUT2D eigenvalue weighted by Crippen LogP contribution is 2.29. The van der Waals surface area contributed by atoms with Crippen molar-refractivity contribution in [3.05, 3.63) is 34.9 Å². The molecule has 0 bridgehead atoms. The lowest BCUT2D eigenvalue weighted by atomic mass is 9.85. The second-order valence-electron chi connectivity index (χ2n) is 5.05. The van der Waals surface area contributed by atoms with E-state index in [1.54, 1.807) is 0 Å². The van der Waals surface area contributed by atoms with E-state index in [1.807, 2.05) is 0 Å². The smallest absolute Gasteiger partial charge is 0.234 e. The summed E-state index contributed by atoms with van der Waals surface area (Å²) in [6.07, 6.45) is 1.89. The number of piperidine rings is 1. The number of hydrogen-bond acceptors (Lipinski definition) is 2. The third-order valence-corrected chi connectivity index (χ3v) is 3.46. The Morgan fingerprint density at radius 3 is 2.53 bits per heavy atom. The highest BCUT2D eigenvalue weighted by Gasteiger charge is 2.26. The van der Waals surface area contributed by atoms with Crippen LogP contribution in [0.15, 0.2) is 18.2 Å². The van der Waals surface area contributed by atoms with Crippen LogP contribution in [-0.4, -0.2) is 18.5 Å². The predicted molar refractivity (Wildman–Crippen MR) is 68.9 cm³/mol. The van der Waals surface area contributed by atoms with E-state index in [1.165, 1.54) is 16.7 Å². The first-order valence-corrected chi connectivity index (χ1v) is 6.17. The van der Waals surface area contributed by atoms with Gasteiger partial charge in [0.05, 0.1) is 6.04 Å². The summed E-state index contributed by atoms with van der Waals surface area (Å²) in [5.41, 5.74) is 9.28. The Morgan fingerprint density at radius 2 is 1.94 bits per heavy atom. The number of nitrogens with one attached hydrogen (secondary N) is 1. The number of amides is 1. The van der Waals surface area contributed by atoms with Crippen LogP contribution in [0.2, 0.25) is 0 Å². The number of rotatable bonds is 2. The van der Waals surface area contributed by atoms with Gasteiger partial charge in [0, 0.05) is 0 Å². The zero-order chi connectivity index (χ0) is 12.4. The quantitative estimate of drug-likeness (QED) is 0.814. The Hall–Kier alpha value is -1.35. The minimum atomic E-state index is -0.237. The average Bonchev–Trinajstić information content (AvgIpc) is 2.28. The van der Waals surface area contributed by atoms with Crippen molar-refractivity contribution < 1.29 is 4.79 Å². The molecule has 3 heteroatoms. The van der Waals surface area contributed by atoms with Crippen molar-refractivity contribution in [2.45, 2.75) is 38.6 Å². The molecule has 1 saturated heterocycles. The van der Waals surface area contributed by atoms with Crippen molar-refractivity contribution >= 4 is 5.91 Å². The molecule has 92 valence electrons. The van der Waals surface area contributed by atoms with Gasteiger partial charge in [-0.05, 0) is 44.7 Å². The van der Waals surface area contributed by atoms with Crippen LogP contribution in [-0.2, 0) is 4.79 Å². The number of aryl methyl sites for hydroxylation is 2. The molecule has 2 atom stereocenters. The van der Waals surface area contributed by atoms with Crippen molar-refractivity contribution in [3.63, 3.8) is 0 Å². The fourth-order valence-electron chi connectivity index (χ4n) is 2.68. The monoisotopic (exact) mass is 232 g/mol. The molecule has 1 aliphatic rings. The molecule has 0 saturated carbocycles. The third kappa shape index (κ3) is 2.86. The number of primary amides is 1. The van der Waals surface area contributed by atoms with Gasteiger partial charge in [0.15, 0.2) is 0 Å². The summed E-state index contributed by atoms with van der Waals surface area (Å²) in [4.78, 5) is 11.2. The SMILES string of the molecule is Cc1cc(C)cc(C2CCNC(C(N)=O)C2)c1. The fourth-order valence-corrected chi connectivity index (χ4v) is 2.68. The van der Waals surface area contributed by atoms with Crippen molar-refractivity contribution in [2.75, 3.05) is 6.54 Å². The topological polar surface area (TPSA) is 55.1 Å². The molecule has 0 aromatic heterocycles. The van der Waals surface area contributed by atoms with Gasteiger partial charge in [-0.1, -0.05) is 29.3 Å². The van der Waals surface area contributed by atoms with Gasteiger partial charge in [-0.15, -0.1) is 0 Å². The lowest BCUT2D eigenvalue weighted by Crippen LogP contribution is -2.46. The Labute approximate surface area is 102 Å². The lowest BCUT2D eigenvalue weighted by Gasteiger charge is -2.29. The van der Waals surface area contributed by atoms with Gasteiger partial charge in [0.25, 0.3) is 0 Å². The first-order chi connectivity index (χ1) is 8.06. The molecule has 3 nitrogen and oxygen atoms in total. The van der Waals surface area contributed by atoms with Gasteiger partial charge in [0.2, 0.25) is 5.91 Å². The predicted octanol–water partition coefficient (Wildman–Crippen LogP) is 1.62. The van der Waals surface area contributed by atoms with Gasteiger partial charge in [-0.25, -0.2) is 0 Å². The molecule has 3 N–H and O–H groups in total. The largest absolute Gasteiger partial charge is 0.368 e. The maximum absolute atomic E-state index is 11.2. The first kappa shape index (κ1) is 12.1. The highest BCUT2D eigenvalue weighted by molar-refractivity contribution is 5.80. The molecule has 2 rings (SSSR count). The summed E-state index contributed by atoms with van der Waals surface area (Å²) in [5.74, 6) is 0.214. The number of carbonyl (C=O) groups is 1. The first-order valence-electron chi connectivity index (χ1n) is 6.17. The average molecular weight is 232 g/mol. The minimum Gasteiger partial charge on any atom is -0.368 e. The Bertz CT molecular complexity index is 408. The van der Waals surface area contributed by atoms with Gasteiger partial charge < -0.3 is 11.1 Å². The van der Waals surface area contributed by atoms with Crippen molar-refractivity contribution in [2.24, 2.45) is 5.73 Å². The molecule has 1 aromatic rings. The molecule has 0 aliphatic carbocycles. The summed E-state index contributed by atoms with van der Waals surface area (Å²) in [7, 11) is 0. The van der Waals surface area contributed by atoms with Gasteiger partial charge in [-0.3, -0.25) is 4.79 Å². The zero-order valence-electron chi connectivity index (χ0n) is 10.5. The van der Waals surface area contributed by atoms with Gasteiger partial charge in [0.1, 0.15) is 0 Å². The van der Waals surface area contributed by atoms with E-state index in [4.69, 9.17) is 5.73 Å². The summed E-state index contributed by atoms with van der Waals surface area (Å²) < 4.78 is 0. The molecule has 0 spiro atoms. The maximum atomic E-state index is 11.2. The standard InChI is InChI=1S/C14H20N2O/c1-9-5-10(2)7-12(6-9)11-3-4-16-13(8-11)14(15)17/h5-7,11,13,16H,3-4,8H2,1-2H3,(H2,15,17). The summed E-state index contributed by atoms with van der Waals surface area (Å²) in [6.45, 7) is 5.09. The molecular weight excluding hydrogens is 212 g/mol. The molecule has 1 aromatic carbocycles. The van der Waals surface area contributed by atoms with E-state index in [0.717, 1.165) is 19.4 Å². The second kappa shape index (κ2) is 4.88. The van der Waals surface area contributed by atoms with Gasteiger partial charge in [-0.2, -0.15) is 0 Å². The van der Waals surface area contributed by atoms with E-state index in [2.05, 4.69) is 37.4 Å². The zero-order valence-corrected chi connectivity index (χ0v) is 10.5. The Morgan fingerprint density at radius 1 is 1.29 bits per heavy atom. The molecule has 1 fully saturated rings. The Balaban J connectivity index is 2.18. The molecule has 1 heterocycles. The second-order valence-corrected chi connectivity index (χ2v) is 5.05. The number of nitrogens with two attached hydrogens (primary N) is 1. The van der Waals surface area contributed by atoms with E-state index in [0.29, 0.717) is 5.92 Å². The lowest BCUT2D eigenvalue weighted by molar-refractivity contribution is -0.120. The van der Waals surface area contributed by atoms with E-state index in [-0.39, 0.29) is 11.9 Å². The van der Waals surface area contributed by atoms with Crippen molar-refractivity contribution in [1.82, 2.24) is 5.32 Å². The van der Waals surface area contributed by atoms with E-state index < -0.39 is 0 Å². The van der Waals surface area contributed by atoms with Crippen LogP contribution >= 0.6 is 0 Å². The molecule has 17 heavy (non-hydrogen) atoms. The van der Waals surface area contributed by atoms with E-state index in [9.17, 15) is 4.79 Å². The van der Waals surface area contributed by atoms with Crippen molar-refractivity contribution in [1.29, 1.82) is 0 Å².